The van der Waals surface area contributed by atoms with Crippen molar-refractivity contribution in [1.82, 2.24) is 5.32 Å². The summed E-state index contributed by atoms with van der Waals surface area (Å²) in [4.78, 5) is 0. The first-order valence-electron chi connectivity index (χ1n) is 11.4. The van der Waals surface area contributed by atoms with Gasteiger partial charge in [-0.1, -0.05) is 89.5 Å². The molecule has 0 aromatic carbocycles. The molecule has 0 aromatic heterocycles. The van der Waals surface area contributed by atoms with Gasteiger partial charge in [-0.05, 0) is 36.5 Å². The van der Waals surface area contributed by atoms with Gasteiger partial charge in [-0.25, -0.2) is 0 Å². The summed E-state index contributed by atoms with van der Waals surface area (Å²) in [6.07, 6.45) is 4.75. The third-order valence-electron chi connectivity index (χ3n) is 4.69. The van der Waals surface area contributed by atoms with Gasteiger partial charge in [-0.15, -0.1) is 18.2 Å². The maximum absolute atomic E-state index is 9.53. The molecule has 5 heteroatoms. The Morgan fingerprint density at radius 2 is 1.10 bits per heavy atom. The predicted octanol–water partition coefficient (Wildman–Crippen LogP) is 5.18. The van der Waals surface area contributed by atoms with E-state index in [2.05, 4.69) is 46.9 Å². The molecule has 0 aromatic rings. The Morgan fingerprint density at radius 1 is 0.793 bits per heavy atom. The van der Waals surface area contributed by atoms with Gasteiger partial charge in [0.05, 0.1) is 0 Å². The number of hydrogen-bond donors (Lipinski definition) is 1. The van der Waals surface area contributed by atoms with E-state index in [1.54, 1.807) is 27.7 Å². The van der Waals surface area contributed by atoms with Crippen LogP contribution in [0.3, 0.4) is 0 Å². The Kier molecular flexibility index (Phi) is 26.0. The second-order valence-electron chi connectivity index (χ2n) is 9.91. The van der Waals surface area contributed by atoms with Crippen LogP contribution < -0.4 is 15.5 Å². The molecule has 0 bridgehead atoms. The zero-order valence-electron chi connectivity index (χ0n) is 21.7. The van der Waals surface area contributed by atoms with E-state index >= 15 is 0 Å². The fourth-order valence-electron chi connectivity index (χ4n) is 3.67. The second-order valence-corrected chi connectivity index (χ2v) is 9.91. The molecule has 0 spiro atoms. The summed E-state index contributed by atoms with van der Waals surface area (Å²) in [5.74, 6) is 1.62. The standard InChI is InChI=1S/C15H31N.C3H8N.2C3H7O.Ti/c1-11(2)15(12(3)4)9-7-8-14(10-15)16-13(5)6;3*1-3(2)4;/h11-14,16H,7-10H2,1-6H3;3-4H,1-2H3;2*3H,1-2H3;/q;3*-1;+3. The Morgan fingerprint density at radius 3 is 1.34 bits per heavy atom. The van der Waals surface area contributed by atoms with E-state index in [9.17, 15) is 10.2 Å². The van der Waals surface area contributed by atoms with Crippen LogP contribution in [0.25, 0.3) is 5.73 Å². The van der Waals surface area contributed by atoms with Crippen molar-refractivity contribution >= 4 is 0 Å². The Labute approximate surface area is 199 Å². The van der Waals surface area contributed by atoms with Crippen molar-refractivity contribution in [2.24, 2.45) is 17.3 Å². The zero-order valence-corrected chi connectivity index (χ0v) is 23.2. The molecule has 0 saturated heterocycles. The molecule has 1 rings (SSSR count). The van der Waals surface area contributed by atoms with Crippen LogP contribution in [0, 0.1) is 17.3 Å². The third-order valence-corrected chi connectivity index (χ3v) is 4.69. The van der Waals surface area contributed by atoms with Crippen molar-refractivity contribution in [1.29, 1.82) is 0 Å². The Balaban J connectivity index is -0.000000199. The molecule has 0 amide bonds. The minimum Gasteiger partial charge on any atom is -0.852 e. The predicted molar refractivity (Wildman–Crippen MR) is 122 cm³/mol. The average Bonchev–Trinajstić information content (AvgIpc) is 2.44. The monoisotopic (exact) mass is 449 g/mol. The molecule has 29 heavy (non-hydrogen) atoms. The van der Waals surface area contributed by atoms with E-state index in [1.807, 2.05) is 13.8 Å². The molecule has 1 fully saturated rings. The summed E-state index contributed by atoms with van der Waals surface area (Å²) in [6.45, 7) is 24.3. The molecule has 0 aliphatic heterocycles. The van der Waals surface area contributed by atoms with Crippen molar-refractivity contribution < 1.29 is 31.9 Å². The fourth-order valence-corrected chi connectivity index (χ4v) is 3.67. The summed E-state index contributed by atoms with van der Waals surface area (Å²) < 4.78 is 0. The van der Waals surface area contributed by atoms with Gasteiger partial charge in [0.1, 0.15) is 0 Å². The quantitative estimate of drug-likeness (QED) is 0.601. The molecule has 1 aliphatic carbocycles. The van der Waals surface area contributed by atoms with E-state index in [-0.39, 0.29) is 27.8 Å². The molecule has 175 valence electrons. The van der Waals surface area contributed by atoms with Crippen molar-refractivity contribution in [2.75, 3.05) is 0 Å². The second kappa shape index (κ2) is 20.5. The molecule has 4 nitrogen and oxygen atoms in total. The van der Waals surface area contributed by atoms with Crippen molar-refractivity contribution in [3.8, 4) is 0 Å². The van der Waals surface area contributed by atoms with Crippen LogP contribution in [0.1, 0.15) is 109 Å². The minimum absolute atomic E-state index is 0. The third kappa shape index (κ3) is 24.7. The van der Waals surface area contributed by atoms with Gasteiger partial charge in [-0.2, -0.15) is 0 Å². The van der Waals surface area contributed by atoms with Gasteiger partial charge in [0.25, 0.3) is 0 Å². The van der Waals surface area contributed by atoms with Crippen LogP contribution in [0.5, 0.6) is 0 Å². The maximum Gasteiger partial charge on any atom is 3.00 e. The van der Waals surface area contributed by atoms with E-state index < -0.39 is 12.2 Å². The molecule has 1 unspecified atom stereocenters. The van der Waals surface area contributed by atoms with E-state index in [0.29, 0.717) is 11.5 Å². The van der Waals surface area contributed by atoms with Crippen molar-refractivity contribution in [3.63, 3.8) is 0 Å². The van der Waals surface area contributed by atoms with Crippen molar-refractivity contribution in [2.45, 2.75) is 139 Å². The topological polar surface area (TPSA) is 82.0 Å². The average molecular weight is 450 g/mol. The van der Waals surface area contributed by atoms with Gasteiger partial charge in [0.2, 0.25) is 0 Å². The smallest absolute Gasteiger partial charge is 0.852 e. The summed E-state index contributed by atoms with van der Waals surface area (Å²) in [5, 5.41) is 22.8. The molecule has 0 heterocycles. The number of hydrogen-bond acceptors (Lipinski definition) is 3. The van der Waals surface area contributed by atoms with Gasteiger partial charge in [0.15, 0.2) is 0 Å². The number of nitrogens with one attached hydrogen (secondary N) is 2. The summed E-state index contributed by atoms with van der Waals surface area (Å²) in [5.41, 5.74) is 7.16. The van der Waals surface area contributed by atoms with Gasteiger partial charge in [-0.3, -0.25) is 0 Å². The van der Waals surface area contributed by atoms with Gasteiger partial charge in [0, 0.05) is 12.1 Å². The first-order valence-corrected chi connectivity index (χ1v) is 11.4. The first-order chi connectivity index (χ1) is 12.6. The summed E-state index contributed by atoms with van der Waals surface area (Å²) in [6, 6.07) is 1.46. The van der Waals surface area contributed by atoms with E-state index in [4.69, 9.17) is 5.73 Å². The van der Waals surface area contributed by atoms with Gasteiger partial charge >= 0.3 is 21.7 Å². The van der Waals surface area contributed by atoms with Gasteiger partial charge < -0.3 is 21.3 Å². The minimum atomic E-state index is -0.417. The molecule has 1 radical (unpaired) electrons. The molecule has 1 atom stereocenters. The fraction of sp³-hybridized carbons (Fsp3) is 1.00. The Hall–Kier alpha value is 0.554. The van der Waals surface area contributed by atoms with Crippen LogP contribution in [0.2, 0.25) is 0 Å². The Bertz CT molecular complexity index is 302. The van der Waals surface area contributed by atoms with Crippen LogP contribution in [-0.4, -0.2) is 30.3 Å². The molecular weight excluding hydrogens is 396 g/mol. The van der Waals surface area contributed by atoms with Crippen molar-refractivity contribution in [3.05, 3.63) is 5.73 Å². The maximum atomic E-state index is 9.53. The summed E-state index contributed by atoms with van der Waals surface area (Å²) >= 11 is 0. The largest absolute Gasteiger partial charge is 3.00 e. The van der Waals surface area contributed by atoms with Crippen LogP contribution in [0.15, 0.2) is 0 Å². The normalized spacial score (nSPS) is 17.9. The number of rotatable bonds is 4. The van der Waals surface area contributed by atoms with Crippen LogP contribution in [-0.2, 0) is 21.7 Å². The van der Waals surface area contributed by atoms with Crippen LogP contribution >= 0.6 is 0 Å². The van der Waals surface area contributed by atoms with E-state index in [0.717, 1.165) is 17.9 Å². The first kappa shape index (κ1) is 36.9. The SMILES string of the molecule is CC(C)NC1CCCC(C(C)C)(C(C)C)C1.CC(C)[NH-].CC(C)[O-].CC(C)[O-].[Ti+3]. The summed E-state index contributed by atoms with van der Waals surface area (Å²) in [7, 11) is 0. The molecular formula is C24H53N2O2Ti. The molecule has 2 N–H and O–H groups in total. The zero-order chi connectivity index (χ0) is 23.1. The van der Waals surface area contributed by atoms with E-state index in [1.165, 1.54) is 25.7 Å². The van der Waals surface area contributed by atoms with Crippen LogP contribution in [0.4, 0.5) is 0 Å². The molecule has 1 saturated carbocycles. The molecule has 1 aliphatic rings.